The second kappa shape index (κ2) is 3.03. The molecule has 1 atom stereocenters. The SMILES string of the molecule is [CH2]C(C)(O)Oc1cc2ccccc2[nH]1. The lowest BCUT2D eigenvalue weighted by atomic mass is 10.3. The molecule has 0 saturated heterocycles. The van der Waals surface area contributed by atoms with Crippen LogP contribution in [0.25, 0.3) is 10.9 Å². The zero-order chi connectivity index (χ0) is 10.2. The third-order valence-corrected chi connectivity index (χ3v) is 1.84. The Hall–Kier alpha value is -1.48. The highest BCUT2D eigenvalue weighted by Gasteiger charge is 2.15. The maximum absolute atomic E-state index is 9.34. The smallest absolute Gasteiger partial charge is 0.207 e. The second-order valence-electron chi connectivity index (χ2n) is 3.50. The number of rotatable bonds is 2. The van der Waals surface area contributed by atoms with Crippen LogP contribution in [-0.4, -0.2) is 15.9 Å². The van der Waals surface area contributed by atoms with Crippen LogP contribution in [0.4, 0.5) is 0 Å². The lowest BCUT2D eigenvalue weighted by molar-refractivity contribution is -0.0826. The number of ether oxygens (including phenoxy) is 1. The number of aliphatic hydroxyl groups is 1. The summed E-state index contributed by atoms with van der Waals surface area (Å²) in [5.41, 5.74) is 0.978. The maximum Gasteiger partial charge on any atom is 0.207 e. The highest BCUT2D eigenvalue weighted by atomic mass is 16.6. The van der Waals surface area contributed by atoms with Crippen molar-refractivity contribution < 1.29 is 9.84 Å². The van der Waals surface area contributed by atoms with E-state index in [2.05, 4.69) is 11.9 Å². The van der Waals surface area contributed by atoms with Crippen LogP contribution in [-0.2, 0) is 0 Å². The summed E-state index contributed by atoms with van der Waals surface area (Å²) >= 11 is 0. The Bertz CT molecular complexity index is 407. The summed E-state index contributed by atoms with van der Waals surface area (Å²) in [6.45, 7) is 4.93. The standard InChI is InChI=1S/C11H12NO2/c1-11(2,13)14-10-7-8-5-3-4-6-9(8)12-10/h3-7,12-13H,1H2,2H3. The molecule has 0 amide bonds. The molecule has 14 heavy (non-hydrogen) atoms. The fraction of sp³-hybridized carbons (Fsp3) is 0.182. The van der Waals surface area contributed by atoms with Gasteiger partial charge < -0.3 is 14.8 Å². The van der Waals surface area contributed by atoms with Gasteiger partial charge in [0.05, 0.1) is 0 Å². The average Bonchev–Trinajstić information content (AvgIpc) is 2.42. The van der Waals surface area contributed by atoms with E-state index in [9.17, 15) is 5.11 Å². The lowest BCUT2D eigenvalue weighted by Crippen LogP contribution is -2.27. The van der Waals surface area contributed by atoms with Gasteiger partial charge in [0.25, 0.3) is 0 Å². The zero-order valence-corrected chi connectivity index (χ0v) is 7.95. The summed E-state index contributed by atoms with van der Waals surface area (Å²) in [6, 6.07) is 9.62. The molecule has 2 N–H and O–H groups in total. The average molecular weight is 190 g/mol. The first-order valence-electron chi connectivity index (χ1n) is 4.39. The number of aromatic amines is 1. The molecular formula is C11H12NO2. The zero-order valence-electron chi connectivity index (χ0n) is 7.95. The summed E-state index contributed by atoms with van der Waals surface area (Å²) in [5.74, 6) is -0.882. The summed E-state index contributed by atoms with van der Waals surface area (Å²) < 4.78 is 5.18. The quantitative estimate of drug-likeness (QED) is 0.712. The number of aromatic nitrogens is 1. The monoisotopic (exact) mass is 190 g/mol. The Morgan fingerprint density at radius 2 is 2.14 bits per heavy atom. The van der Waals surface area contributed by atoms with E-state index in [0.29, 0.717) is 5.88 Å². The highest BCUT2D eigenvalue weighted by Crippen LogP contribution is 2.22. The van der Waals surface area contributed by atoms with E-state index < -0.39 is 5.79 Å². The number of H-pyrrole nitrogens is 1. The number of fused-ring (bicyclic) bond motifs is 1. The molecule has 0 bridgehead atoms. The molecule has 0 spiro atoms. The Morgan fingerprint density at radius 1 is 1.43 bits per heavy atom. The summed E-state index contributed by atoms with van der Waals surface area (Å²) in [6.07, 6.45) is 0. The molecule has 0 aliphatic rings. The van der Waals surface area contributed by atoms with Gasteiger partial charge in [0.2, 0.25) is 5.79 Å². The van der Waals surface area contributed by atoms with Crippen molar-refractivity contribution in [2.45, 2.75) is 12.7 Å². The second-order valence-corrected chi connectivity index (χ2v) is 3.50. The van der Waals surface area contributed by atoms with Gasteiger partial charge in [-0.1, -0.05) is 18.2 Å². The molecule has 3 nitrogen and oxygen atoms in total. The van der Waals surface area contributed by atoms with Crippen LogP contribution < -0.4 is 4.74 Å². The first-order chi connectivity index (χ1) is 6.54. The van der Waals surface area contributed by atoms with Gasteiger partial charge in [-0.05, 0) is 6.07 Å². The van der Waals surface area contributed by atoms with Gasteiger partial charge in [0, 0.05) is 30.8 Å². The van der Waals surface area contributed by atoms with Crippen molar-refractivity contribution >= 4 is 10.9 Å². The third-order valence-electron chi connectivity index (χ3n) is 1.84. The van der Waals surface area contributed by atoms with Crippen LogP contribution >= 0.6 is 0 Å². The Labute approximate surface area is 82.3 Å². The van der Waals surface area contributed by atoms with E-state index in [-0.39, 0.29) is 0 Å². The molecule has 1 aromatic heterocycles. The van der Waals surface area contributed by atoms with E-state index in [4.69, 9.17) is 4.74 Å². The number of benzene rings is 1. The topological polar surface area (TPSA) is 45.2 Å². The predicted molar refractivity (Wildman–Crippen MR) is 54.9 cm³/mol. The maximum atomic E-state index is 9.34. The summed E-state index contributed by atoms with van der Waals surface area (Å²) in [5, 5.41) is 10.4. The fourth-order valence-electron chi connectivity index (χ4n) is 1.34. The third kappa shape index (κ3) is 1.88. The molecule has 2 aromatic rings. The van der Waals surface area contributed by atoms with Crippen molar-refractivity contribution in [1.82, 2.24) is 4.98 Å². The van der Waals surface area contributed by atoms with E-state index in [1.807, 2.05) is 30.3 Å². The molecule has 3 heteroatoms. The molecule has 0 aliphatic heterocycles. The summed E-state index contributed by atoms with van der Waals surface area (Å²) in [4.78, 5) is 3.03. The predicted octanol–water partition coefficient (Wildman–Crippen LogP) is 2.09. The van der Waals surface area contributed by atoms with E-state index in [0.717, 1.165) is 10.9 Å². The first-order valence-corrected chi connectivity index (χ1v) is 4.39. The van der Waals surface area contributed by atoms with Gasteiger partial charge in [-0.25, -0.2) is 0 Å². The molecule has 1 unspecified atom stereocenters. The first kappa shape index (κ1) is 9.09. The van der Waals surface area contributed by atoms with Gasteiger partial charge in [-0.15, -0.1) is 0 Å². The molecule has 1 aromatic carbocycles. The molecule has 0 saturated carbocycles. The normalized spacial score (nSPS) is 11.9. The van der Waals surface area contributed by atoms with Crippen molar-refractivity contribution in [3.05, 3.63) is 37.3 Å². The van der Waals surface area contributed by atoms with E-state index in [1.165, 1.54) is 6.92 Å². The largest absolute Gasteiger partial charge is 0.448 e. The number of nitrogens with one attached hydrogen (secondary N) is 1. The van der Waals surface area contributed by atoms with Gasteiger partial charge in [0.1, 0.15) is 0 Å². The van der Waals surface area contributed by atoms with Crippen LogP contribution in [0.15, 0.2) is 30.3 Å². The van der Waals surface area contributed by atoms with Crippen molar-refractivity contribution in [3.8, 4) is 5.88 Å². The summed E-state index contributed by atoms with van der Waals surface area (Å²) in [7, 11) is 0. The Kier molecular flexibility index (Phi) is 1.97. The highest BCUT2D eigenvalue weighted by molar-refractivity contribution is 5.81. The molecule has 0 fully saturated rings. The van der Waals surface area contributed by atoms with Gasteiger partial charge in [-0.2, -0.15) is 0 Å². The number of hydrogen-bond donors (Lipinski definition) is 2. The minimum atomic E-state index is -1.40. The molecule has 2 rings (SSSR count). The van der Waals surface area contributed by atoms with Crippen LogP contribution in [0.2, 0.25) is 0 Å². The van der Waals surface area contributed by atoms with Crippen LogP contribution in [0.3, 0.4) is 0 Å². The Balaban J connectivity index is 2.36. The van der Waals surface area contributed by atoms with Gasteiger partial charge in [-0.3, -0.25) is 0 Å². The molecule has 1 heterocycles. The van der Waals surface area contributed by atoms with Gasteiger partial charge in [0.15, 0.2) is 5.88 Å². The van der Waals surface area contributed by atoms with Crippen LogP contribution in [0.1, 0.15) is 6.92 Å². The van der Waals surface area contributed by atoms with Crippen molar-refractivity contribution in [2.75, 3.05) is 0 Å². The van der Waals surface area contributed by atoms with Gasteiger partial charge >= 0.3 is 0 Å². The number of hydrogen-bond acceptors (Lipinski definition) is 2. The van der Waals surface area contributed by atoms with Crippen molar-refractivity contribution in [1.29, 1.82) is 0 Å². The lowest BCUT2D eigenvalue weighted by Gasteiger charge is -2.17. The van der Waals surface area contributed by atoms with E-state index in [1.54, 1.807) is 0 Å². The minimum Gasteiger partial charge on any atom is -0.448 e. The Morgan fingerprint density at radius 3 is 2.79 bits per heavy atom. The molecular weight excluding hydrogens is 178 g/mol. The van der Waals surface area contributed by atoms with Crippen molar-refractivity contribution in [3.63, 3.8) is 0 Å². The number of para-hydroxylation sites is 1. The van der Waals surface area contributed by atoms with E-state index >= 15 is 0 Å². The van der Waals surface area contributed by atoms with Crippen LogP contribution in [0.5, 0.6) is 5.88 Å². The fourth-order valence-corrected chi connectivity index (χ4v) is 1.34. The van der Waals surface area contributed by atoms with Crippen molar-refractivity contribution in [2.24, 2.45) is 0 Å². The molecule has 0 aliphatic carbocycles. The molecule has 73 valence electrons. The minimum absolute atomic E-state index is 0.520. The molecule has 1 radical (unpaired) electrons. The van der Waals surface area contributed by atoms with Crippen LogP contribution in [0, 0.1) is 6.92 Å².